The maximum Gasteiger partial charge on any atom is 0.240 e. The third kappa shape index (κ3) is 3.39. The van der Waals surface area contributed by atoms with Crippen LogP contribution < -0.4 is 4.72 Å². The van der Waals surface area contributed by atoms with Crippen LogP contribution in [-0.2, 0) is 29.4 Å². The molecular formula is C18H25N3O2S. The lowest BCUT2D eigenvalue weighted by Crippen LogP contribution is -2.28. The normalized spacial score (nSPS) is 14.6. The van der Waals surface area contributed by atoms with Gasteiger partial charge in [-0.3, -0.25) is 4.68 Å². The van der Waals surface area contributed by atoms with Crippen LogP contribution in [0.25, 0.3) is 0 Å². The van der Waals surface area contributed by atoms with Gasteiger partial charge in [-0.05, 0) is 75.3 Å². The van der Waals surface area contributed by atoms with Gasteiger partial charge in [0.15, 0.2) is 0 Å². The number of hydrogen-bond acceptors (Lipinski definition) is 3. The molecule has 1 aliphatic carbocycles. The average molecular weight is 347 g/mol. The zero-order chi connectivity index (χ0) is 17.3. The third-order valence-electron chi connectivity index (χ3n) is 4.99. The van der Waals surface area contributed by atoms with E-state index in [-0.39, 0.29) is 0 Å². The SMILES string of the molecule is Cc1nn(CCNS(=O)(=O)c2ccc3c(c2)CCCC3)c(C)c1C. The minimum absolute atomic E-state index is 0.334. The van der Waals surface area contributed by atoms with Crippen molar-refractivity contribution >= 4 is 10.0 Å². The fraction of sp³-hybridized carbons (Fsp3) is 0.500. The average Bonchev–Trinajstić information content (AvgIpc) is 2.81. The largest absolute Gasteiger partial charge is 0.268 e. The summed E-state index contributed by atoms with van der Waals surface area (Å²) in [5.74, 6) is 0. The molecule has 1 aliphatic rings. The molecule has 5 nitrogen and oxygen atoms in total. The van der Waals surface area contributed by atoms with Crippen LogP contribution in [0.2, 0.25) is 0 Å². The van der Waals surface area contributed by atoms with Crippen LogP contribution in [0.1, 0.15) is 40.9 Å². The highest BCUT2D eigenvalue weighted by molar-refractivity contribution is 7.89. The second-order valence-electron chi connectivity index (χ2n) is 6.55. The van der Waals surface area contributed by atoms with E-state index < -0.39 is 10.0 Å². The Morgan fingerprint density at radius 1 is 1.12 bits per heavy atom. The maximum absolute atomic E-state index is 12.5. The van der Waals surface area contributed by atoms with E-state index in [1.165, 1.54) is 17.5 Å². The second-order valence-corrected chi connectivity index (χ2v) is 8.32. The molecule has 0 aliphatic heterocycles. The molecule has 0 saturated heterocycles. The van der Waals surface area contributed by atoms with Crippen molar-refractivity contribution < 1.29 is 8.42 Å². The molecule has 1 aromatic heterocycles. The standard InChI is InChI=1S/C18H25N3O2S/c1-13-14(2)20-21(15(13)3)11-10-19-24(22,23)18-9-8-16-6-4-5-7-17(16)12-18/h8-9,12,19H,4-7,10-11H2,1-3H3. The number of benzene rings is 1. The molecule has 0 saturated carbocycles. The molecule has 0 amide bonds. The van der Waals surface area contributed by atoms with E-state index in [4.69, 9.17) is 0 Å². The summed E-state index contributed by atoms with van der Waals surface area (Å²) in [6.07, 6.45) is 4.37. The molecule has 1 aromatic carbocycles. The smallest absolute Gasteiger partial charge is 0.240 e. The van der Waals surface area contributed by atoms with Crippen molar-refractivity contribution in [2.24, 2.45) is 0 Å². The van der Waals surface area contributed by atoms with Crippen molar-refractivity contribution in [3.8, 4) is 0 Å². The Balaban J connectivity index is 1.69. The highest BCUT2D eigenvalue weighted by atomic mass is 32.2. The summed E-state index contributed by atoms with van der Waals surface area (Å²) in [6.45, 7) is 6.88. The van der Waals surface area contributed by atoms with Crippen molar-refractivity contribution in [3.63, 3.8) is 0 Å². The van der Waals surface area contributed by atoms with Crippen LogP contribution in [0.15, 0.2) is 23.1 Å². The first-order valence-corrected chi connectivity index (χ1v) is 9.99. The van der Waals surface area contributed by atoms with Crippen molar-refractivity contribution in [2.75, 3.05) is 6.54 Å². The third-order valence-corrected chi connectivity index (χ3v) is 6.45. The first-order chi connectivity index (χ1) is 11.4. The molecule has 1 heterocycles. The summed E-state index contributed by atoms with van der Waals surface area (Å²) in [6, 6.07) is 5.53. The molecule has 0 fully saturated rings. The monoisotopic (exact) mass is 347 g/mol. The Bertz CT molecular complexity index is 853. The molecule has 0 atom stereocenters. The van der Waals surface area contributed by atoms with Gasteiger partial charge >= 0.3 is 0 Å². The molecule has 3 rings (SSSR count). The lowest BCUT2D eigenvalue weighted by atomic mass is 9.92. The molecule has 1 N–H and O–H groups in total. The van der Waals surface area contributed by atoms with E-state index in [9.17, 15) is 8.42 Å². The van der Waals surface area contributed by atoms with Gasteiger partial charge in [0.05, 0.1) is 17.1 Å². The van der Waals surface area contributed by atoms with Gasteiger partial charge in [0.1, 0.15) is 0 Å². The number of sulfonamides is 1. The number of aryl methyl sites for hydroxylation is 3. The molecule has 6 heteroatoms. The lowest BCUT2D eigenvalue weighted by molar-refractivity contribution is 0.554. The summed E-state index contributed by atoms with van der Waals surface area (Å²) in [7, 11) is -3.47. The molecule has 0 bridgehead atoms. The number of nitrogens with one attached hydrogen (secondary N) is 1. The Morgan fingerprint density at radius 3 is 2.50 bits per heavy atom. The van der Waals surface area contributed by atoms with Crippen molar-refractivity contribution in [1.29, 1.82) is 0 Å². The van der Waals surface area contributed by atoms with Crippen molar-refractivity contribution in [2.45, 2.75) is 57.9 Å². The Morgan fingerprint density at radius 2 is 1.83 bits per heavy atom. The topological polar surface area (TPSA) is 64.0 Å². The number of nitrogens with zero attached hydrogens (tertiary/aromatic N) is 2. The Kier molecular flexibility index (Phi) is 4.78. The van der Waals surface area contributed by atoms with E-state index in [1.807, 2.05) is 37.6 Å². The lowest BCUT2D eigenvalue weighted by Gasteiger charge is -2.16. The summed E-state index contributed by atoms with van der Waals surface area (Å²) in [4.78, 5) is 0.368. The van der Waals surface area contributed by atoms with Crippen molar-refractivity contribution in [3.05, 3.63) is 46.3 Å². The van der Waals surface area contributed by atoms with E-state index >= 15 is 0 Å². The summed E-state index contributed by atoms with van der Waals surface area (Å²) < 4.78 is 29.6. The number of aromatic nitrogens is 2. The fourth-order valence-electron chi connectivity index (χ4n) is 3.25. The first kappa shape index (κ1) is 17.2. The van der Waals surface area contributed by atoms with E-state index in [2.05, 4.69) is 9.82 Å². The van der Waals surface area contributed by atoms with Gasteiger partial charge in [-0.2, -0.15) is 5.10 Å². The molecule has 0 radical (unpaired) electrons. The predicted octanol–water partition coefficient (Wildman–Crippen LogP) is 2.67. The summed E-state index contributed by atoms with van der Waals surface area (Å²) >= 11 is 0. The van der Waals surface area contributed by atoms with Crippen LogP contribution in [0.4, 0.5) is 0 Å². The number of hydrogen-bond donors (Lipinski definition) is 1. The van der Waals surface area contributed by atoms with E-state index in [1.54, 1.807) is 6.07 Å². The quantitative estimate of drug-likeness (QED) is 0.904. The van der Waals surface area contributed by atoms with Gasteiger partial charge in [-0.25, -0.2) is 13.1 Å². The van der Waals surface area contributed by atoms with Gasteiger partial charge in [-0.1, -0.05) is 6.07 Å². The zero-order valence-electron chi connectivity index (χ0n) is 14.6. The number of rotatable bonds is 5. The van der Waals surface area contributed by atoms with E-state index in [0.29, 0.717) is 18.0 Å². The molecular weight excluding hydrogens is 322 g/mol. The van der Waals surface area contributed by atoms with Gasteiger partial charge in [0.25, 0.3) is 0 Å². The van der Waals surface area contributed by atoms with Crippen molar-refractivity contribution in [1.82, 2.24) is 14.5 Å². The van der Waals surface area contributed by atoms with Crippen LogP contribution in [0, 0.1) is 20.8 Å². The minimum Gasteiger partial charge on any atom is -0.268 e. The number of fused-ring (bicyclic) bond motifs is 1. The van der Waals surface area contributed by atoms with Gasteiger partial charge < -0.3 is 0 Å². The van der Waals surface area contributed by atoms with Crippen LogP contribution in [0.5, 0.6) is 0 Å². The zero-order valence-corrected chi connectivity index (χ0v) is 15.4. The van der Waals surface area contributed by atoms with E-state index in [0.717, 1.165) is 36.2 Å². The van der Waals surface area contributed by atoms with Crippen LogP contribution in [-0.4, -0.2) is 24.7 Å². The highest BCUT2D eigenvalue weighted by Crippen LogP contribution is 2.24. The Hall–Kier alpha value is -1.66. The van der Waals surface area contributed by atoms with Gasteiger partial charge in [0.2, 0.25) is 10.0 Å². The molecule has 130 valence electrons. The van der Waals surface area contributed by atoms with Crippen LogP contribution in [0.3, 0.4) is 0 Å². The summed E-state index contributed by atoms with van der Waals surface area (Å²) in [5.41, 5.74) is 5.70. The summed E-state index contributed by atoms with van der Waals surface area (Å²) in [5, 5.41) is 4.44. The molecule has 0 spiro atoms. The maximum atomic E-state index is 12.5. The van der Waals surface area contributed by atoms with Gasteiger partial charge in [-0.15, -0.1) is 0 Å². The van der Waals surface area contributed by atoms with Gasteiger partial charge in [0, 0.05) is 12.2 Å². The van der Waals surface area contributed by atoms with Crippen LogP contribution >= 0.6 is 0 Å². The first-order valence-electron chi connectivity index (χ1n) is 8.50. The second kappa shape index (κ2) is 6.69. The highest BCUT2D eigenvalue weighted by Gasteiger charge is 2.17. The molecule has 24 heavy (non-hydrogen) atoms. The molecule has 2 aromatic rings. The molecule has 0 unspecified atom stereocenters. The fourth-order valence-corrected chi connectivity index (χ4v) is 4.32. The Labute approximate surface area is 144 Å². The minimum atomic E-state index is -3.47. The predicted molar refractivity (Wildman–Crippen MR) is 94.7 cm³/mol.